The molecule has 6 nitrogen and oxygen atoms in total. The molecule has 0 spiro atoms. The molecule has 0 bridgehead atoms. The number of hydrogen-bond donors (Lipinski definition) is 0. The SMILES string of the molecule is CC(=O)c1ccc(S(=O)(=O)N(C)CCCC(=O)N(C)Cc2ccccc2Cl)cc1. The van der Waals surface area contributed by atoms with Gasteiger partial charge in [0.15, 0.2) is 5.78 Å². The summed E-state index contributed by atoms with van der Waals surface area (Å²) in [5.41, 5.74) is 1.32. The monoisotopic (exact) mass is 436 g/mol. The first kappa shape index (κ1) is 23.1. The highest BCUT2D eigenvalue weighted by atomic mass is 35.5. The predicted octanol–water partition coefficient (Wildman–Crippen LogP) is 3.60. The maximum absolute atomic E-state index is 12.6. The second-order valence-electron chi connectivity index (χ2n) is 6.85. The van der Waals surface area contributed by atoms with Gasteiger partial charge in [-0.2, -0.15) is 0 Å². The van der Waals surface area contributed by atoms with Gasteiger partial charge in [-0.1, -0.05) is 41.9 Å². The summed E-state index contributed by atoms with van der Waals surface area (Å²) >= 11 is 6.12. The molecule has 156 valence electrons. The van der Waals surface area contributed by atoms with Crippen molar-refractivity contribution in [3.05, 3.63) is 64.7 Å². The normalized spacial score (nSPS) is 11.5. The molecule has 29 heavy (non-hydrogen) atoms. The van der Waals surface area contributed by atoms with E-state index in [0.717, 1.165) is 5.56 Å². The highest BCUT2D eigenvalue weighted by Gasteiger charge is 2.21. The van der Waals surface area contributed by atoms with Crippen molar-refractivity contribution in [3.63, 3.8) is 0 Å². The molecular weight excluding hydrogens is 412 g/mol. The standard InChI is InChI=1S/C21H25ClN2O4S/c1-16(25)17-10-12-19(13-11-17)29(27,28)24(3)14-6-9-21(26)23(2)15-18-7-4-5-8-20(18)22/h4-5,7-8,10-13H,6,9,14-15H2,1-3H3. The van der Waals surface area contributed by atoms with Gasteiger partial charge in [-0.3, -0.25) is 9.59 Å². The third kappa shape index (κ3) is 6.13. The molecule has 2 aromatic rings. The molecule has 2 aromatic carbocycles. The minimum Gasteiger partial charge on any atom is -0.341 e. The number of benzene rings is 2. The number of hydrogen-bond acceptors (Lipinski definition) is 4. The van der Waals surface area contributed by atoms with Crippen LogP contribution in [-0.2, 0) is 21.4 Å². The van der Waals surface area contributed by atoms with E-state index in [1.165, 1.54) is 42.5 Å². The molecule has 0 fully saturated rings. The number of nitrogens with zero attached hydrogens (tertiary/aromatic N) is 2. The summed E-state index contributed by atoms with van der Waals surface area (Å²) in [4.78, 5) is 25.4. The molecule has 0 aliphatic rings. The maximum Gasteiger partial charge on any atom is 0.242 e. The fraction of sp³-hybridized carbons (Fsp3) is 0.333. The van der Waals surface area contributed by atoms with Crippen molar-refractivity contribution in [1.82, 2.24) is 9.21 Å². The number of rotatable bonds is 9. The number of carbonyl (C=O) groups is 2. The number of carbonyl (C=O) groups excluding carboxylic acids is 2. The molecule has 2 rings (SSSR count). The lowest BCUT2D eigenvalue weighted by Gasteiger charge is -2.20. The zero-order valence-electron chi connectivity index (χ0n) is 16.8. The maximum atomic E-state index is 12.6. The Morgan fingerprint density at radius 3 is 2.21 bits per heavy atom. The van der Waals surface area contributed by atoms with E-state index < -0.39 is 10.0 Å². The quantitative estimate of drug-likeness (QED) is 0.563. The van der Waals surface area contributed by atoms with Gasteiger partial charge in [0, 0.05) is 44.2 Å². The van der Waals surface area contributed by atoms with Crippen LogP contribution in [0.15, 0.2) is 53.4 Å². The van der Waals surface area contributed by atoms with Crippen molar-refractivity contribution in [1.29, 1.82) is 0 Å². The number of halogens is 1. The largest absolute Gasteiger partial charge is 0.341 e. The Bertz CT molecular complexity index is 974. The molecular formula is C21H25ClN2O4S. The van der Waals surface area contributed by atoms with Gasteiger partial charge in [-0.25, -0.2) is 12.7 Å². The van der Waals surface area contributed by atoms with Crippen LogP contribution in [0.5, 0.6) is 0 Å². The first-order chi connectivity index (χ1) is 13.6. The molecule has 0 saturated carbocycles. The zero-order valence-corrected chi connectivity index (χ0v) is 18.3. The van der Waals surface area contributed by atoms with Crippen molar-refractivity contribution in [2.75, 3.05) is 20.6 Å². The van der Waals surface area contributed by atoms with Crippen LogP contribution in [0.3, 0.4) is 0 Å². The van der Waals surface area contributed by atoms with E-state index in [0.29, 0.717) is 23.6 Å². The Labute approximate surface area is 177 Å². The van der Waals surface area contributed by atoms with Gasteiger partial charge in [-0.05, 0) is 37.1 Å². The van der Waals surface area contributed by atoms with Crippen molar-refractivity contribution in [3.8, 4) is 0 Å². The number of amides is 1. The Balaban J connectivity index is 1.89. The number of sulfonamides is 1. The average molecular weight is 437 g/mol. The van der Waals surface area contributed by atoms with Gasteiger partial charge in [0.25, 0.3) is 0 Å². The highest BCUT2D eigenvalue weighted by molar-refractivity contribution is 7.89. The Kier molecular flexibility index (Phi) is 7.96. The van der Waals surface area contributed by atoms with E-state index in [1.54, 1.807) is 18.0 Å². The summed E-state index contributed by atoms with van der Waals surface area (Å²) in [6, 6.07) is 13.2. The first-order valence-corrected chi connectivity index (χ1v) is 11.0. The molecule has 0 heterocycles. The molecule has 1 amide bonds. The summed E-state index contributed by atoms with van der Waals surface area (Å²) in [7, 11) is -0.499. The second kappa shape index (κ2) is 10.0. The minimum absolute atomic E-state index is 0.0819. The van der Waals surface area contributed by atoms with Crippen LogP contribution in [0.25, 0.3) is 0 Å². The van der Waals surface area contributed by atoms with Crippen molar-refractivity contribution in [2.45, 2.75) is 31.2 Å². The van der Waals surface area contributed by atoms with E-state index >= 15 is 0 Å². The van der Waals surface area contributed by atoms with Crippen LogP contribution in [0, 0.1) is 0 Å². The van der Waals surface area contributed by atoms with E-state index in [-0.39, 0.29) is 29.6 Å². The molecule has 0 saturated heterocycles. The Morgan fingerprint density at radius 2 is 1.62 bits per heavy atom. The topological polar surface area (TPSA) is 74.8 Å². The van der Waals surface area contributed by atoms with Gasteiger partial charge in [-0.15, -0.1) is 0 Å². The third-order valence-corrected chi connectivity index (χ3v) is 6.86. The Hall–Kier alpha value is -2.22. The molecule has 0 unspecified atom stereocenters. The lowest BCUT2D eigenvalue weighted by Crippen LogP contribution is -2.30. The molecule has 0 aliphatic heterocycles. The van der Waals surface area contributed by atoms with Crippen LogP contribution in [-0.4, -0.2) is 50.0 Å². The summed E-state index contributed by atoms with van der Waals surface area (Å²) < 4.78 is 26.5. The van der Waals surface area contributed by atoms with Gasteiger partial charge in [0.1, 0.15) is 0 Å². The first-order valence-electron chi connectivity index (χ1n) is 9.17. The molecule has 8 heteroatoms. The van der Waals surface area contributed by atoms with Crippen LogP contribution < -0.4 is 0 Å². The van der Waals surface area contributed by atoms with Crippen LogP contribution >= 0.6 is 11.6 Å². The summed E-state index contributed by atoms with van der Waals surface area (Å²) in [5.74, 6) is -0.205. The van der Waals surface area contributed by atoms with E-state index in [1.807, 2.05) is 18.2 Å². The lowest BCUT2D eigenvalue weighted by atomic mass is 10.2. The number of ketones is 1. The fourth-order valence-corrected chi connectivity index (χ4v) is 4.18. The molecule has 0 aromatic heterocycles. The smallest absolute Gasteiger partial charge is 0.242 e. The Morgan fingerprint density at radius 1 is 1.00 bits per heavy atom. The molecule has 0 atom stereocenters. The lowest BCUT2D eigenvalue weighted by molar-refractivity contribution is -0.130. The van der Waals surface area contributed by atoms with Gasteiger partial charge >= 0.3 is 0 Å². The minimum atomic E-state index is -3.67. The fourth-order valence-electron chi connectivity index (χ4n) is 2.78. The van der Waals surface area contributed by atoms with Crippen LogP contribution in [0.1, 0.15) is 35.7 Å². The van der Waals surface area contributed by atoms with Crippen molar-refractivity contribution < 1.29 is 18.0 Å². The van der Waals surface area contributed by atoms with E-state index in [2.05, 4.69) is 0 Å². The molecule has 0 aliphatic carbocycles. The van der Waals surface area contributed by atoms with Crippen LogP contribution in [0.4, 0.5) is 0 Å². The van der Waals surface area contributed by atoms with E-state index in [4.69, 9.17) is 11.6 Å². The highest BCUT2D eigenvalue weighted by Crippen LogP contribution is 2.18. The van der Waals surface area contributed by atoms with E-state index in [9.17, 15) is 18.0 Å². The second-order valence-corrected chi connectivity index (χ2v) is 9.30. The zero-order chi connectivity index (χ0) is 21.6. The average Bonchev–Trinajstić information content (AvgIpc) is 2.69. The van der Waals surface area contributed by atoms with Crippen molar-refractivity contribution >= 4 is 33.3 Å². The summed E-state index contributed by atoms with van der Waals surface area (Å²) in [6.45, 7) is 2.03. The predicted molar refractivity (Wildman–Crippen MR) is 113 cm³/mol. The summed E-state index contributed by atoms with van der Waals surface area (Å²) in [6.07, 6.45) is 0.622. The van der Waals surface area contributed by atoms with Crippen LogP contribution in [0.2, 0.25) is 5.02 Å². The van der Waals surface area contributed by atoms with Gasteiger partial charge in [0.05, 0.1) is 4.90 Å². The van der Waals surface area contributed by atoms with Crippen molar-refractivity contribution in [2.24, 2.45) is 0 Å². The molecule has 0 radical (unpaired) electrons. The third-order valence-electron chi connectivity index (χ3n) is 4.62. The van der Waals surface area contributed by atoms with Gasteiger partial charge in [0.2, 0.25) is 15.9 Å². The van der Waals surface area contributed by atoms with Gasteiger partial charge < -0.3 is 4.90 Å². The number of Topliss-reactive ketones (excluding diaryl/α,β-unsaturated/α-hetero) is 1. The summed E-state index contributed by atoms with van der Waals surface area (Å²) in [5, 5.41) is 0.605. The molecule has 0 N–H and O–H groups in total.